The van der Waals surface area contributed by atoms with Gasteiger partial charge in [-0.1, -0.05) is 17.7 Å². The number of rotatable bonds is 3. The lowest BCUT2D eigenvalue weighted by atomic mass is 9.84. The quantitative estimate of drug-likeness (QED) is 0.846. The van der Waals surface area contributed by atoms with E-state index in [1.807, 2.05) is 31.2 Å². The summed E-state index contributed by atoms with van der Waals surface area (Å²) in [4.78, 5) is 14.0. The molecule has 0 radical (unpaired) electrons. The van der Waals surface area contributed by atoms with Crippen molar-refractivity contribution in [2.45, 2.75) is 6.92 Å². The summed E-state index contributed by atoms with van der Waals surface area (Å²) in [7, 11) is 1.78. The first-order valence-electron chi connectivity index (χ1n) is 5.72. The van der Waals surface area contributed by atoms with Gasteiger partial charge in [-0.25, -0.2) is 0 Å². The van der Waals surface area contributed by atoms with Crippen molar-refractivity contribution in [1.82, 2.24) is 0 Å². The molecule has 0 saturated carbocycles. The molecule has 1 amide bonds. The van der Waals surface area contributed by atoms with Gasteiger partial charge in [-0.05, 0) is 19.1 Å². The molecule has 17 heavy (non-hydrogen) atoms. The molecule has 2 N–H and O–H groups in total. The zero-order valence-electron chi connectivity index (χ0n) is 10.3. The Bertz CT molecular complexity index is 404. The van der Waals surface area contributed by atoms with Crippen LogP contribution in [0.5, 0.6) is 0 Å². The maximum atomic E-state index is 12.3. The Morgan fingerprint density at radius 1 is 1.41 bits per heavy atom. The summed E-state index contributed by atoms with van der Waals surface area (Å²) in [6.07, 6.45) is 0. The molecule has 1 heterocycles. The second-order valence-electron chi connectivity index (χ2n) is 4.68. The third-order valence-corrected chi connectivity index (χ3v) is 3.33. The van der Waals surface area contributed by atoms with Crippen molar-refractivity contribution in [3.63, 3.8) is 0 Å². The second-order valence-corrected chi connectivity index (χ2v) is 4.68. The number of nitrogens with zero attached hydrogens (tertiary/aromatic N) is 1. The lowest BCUT2D eigenvalue weighted by molar-refractivity contribution is -0.156. The van der Waals surface area contributed by atoms with Crippen molar-refractivity contribution < 1.29 is 9.53 Å². The minimum atomic E-state index is -0.514. The third kappa shape index (κ3) is 2.06. The fraction of sp³-hybridized carbons (Fsp3) is 0.462. The van der Waals surface area contributed by atoms with Gasteiger partial charge in [-0.15, -0.1) is 0 Å². The molecule has 0 aromatic heterocycles. The van der Waals surface area contributed by atoms with Gasteiger partial charge in [0, 0.05) is 19.3 Å². The number of hydrogen-bond donors (Lipinski definition) is 1. The monoisotopic (exact) mass is 234 g/mol. The lowest BCUT2D eigenvalue weighted by Crippen LogP contribution is -2.58. The predicted octanol–water partition coefficient (Wildman–Crippen LogP) is 0.933. The minimum absolute atomic E-state index is 0.0371. The summed E-state index contributed by atoms with van der Waals surface area (Å²) in [5.41, 5.74) is 7.23. The molecule has 1 aliphatic rings. The fourth-order valence-corrected chi connectivity index (χ4v) is 1.92. The zero-order valence-corrected chi connectivity index (χ0v) is 10.3. The highest BCUT2D eigenvalue weighted by atomic mass is 16.5. The van der Waals surface area contributed by atoms with Gasteiger partial charge in [0.2, 0.25) is 5.91 Å². The van der Waals surface area contributed by atoms with Crippen molar-refractivity contribution in [2.24, 2.45) is 11.1 Å². The summed E-state index contributed by atoms with van der Waals surface area (Å²) in [5.74, 6) is 0.0371. The number of ether oxygens (including phenoxy) is 1. The highest BCUT2D eigenvalue weighted by Crippen LogP contribution is 2.30. The molecule has 0 unspecified atom stereocenters. The number of benzene rings is 1. The normalized spacial score (nSPS) is 17.4. The Labute approximate surface area is 101 Å². The molecule has 1 aromatic rings. The Hall–Kier alpha value is -1.39. The van der Waals surface area contributed by atoms with Crippen LogP contribution in [0.15, 0.2) is 24.3 Å². The van der Waals surface area contributed by atoms with Gasteiger partial charge in [-0.3, -0.25) is 4.79 Å². The smallest absolute Gasteiger partial charge is 0.238 e. The molecule has 1 aliphatic heterocycles. The molecular formula is C13H18N2O2. The van der Waals surface area contributed by atoms with Gasteiger partial charge >= 0.3 is 0 Å². The van der Waals surface area contributed by atoms with E-state index in [1.54, 1.807) is 11.9 Å². The van der Waals surface area contributed by atoms with Gasteiger partial charge < -0.3 is 15.4 Å². The van der Waals surface area contributed by atoms with E-state index in [0.29, 0.717) is 19.8 Å². The average molecular weight is 234 g/mol. The number of nitrogens with two attached hydrogens (primary N) is 1. The van der Waals surface area contributed by atoms with Crippen LogP contribution in [-0.2, 0) is 9.53 Å². The Morgan fingerprint density at radius 3 is 2.41 bits per heavy atom. The predicted molar refractivity (Wildman–Crippen MR) is 66.9 cm³/mol. The standard InChI is InChI=1S/C13H18N2O2/c1-10-3-5-11(6-4-10)15(2)12(16)13(7-14)8-17-9-13/h3-6H,7-9,14H2,1-2H3. The highest BCUT2D eigenvalue weighted by molar-refractivity contribution is 5.98. The maximum Gasteiger partial charge on any atom is 0.238 e. The molecule has 0 spiro atoms. The summed E-state index contributed by atoms with van der Waals surface area (Å²) in [6.45, 7) is 3.21. The van der Waals surface area contributed by atoms with Crippen LogP contribution in [0.4, 0.5) is 5.69 Å². The van der Waals surface area contributed by atoms with Crippen molar-refractivity contribution in [3.8, 4) is 0 Å². The van der Waals surface area contributed by atoms with Crippen LogP contribution < -0.4 is 10.6 Å². The summed E-state index contributed by atoms with van der Waals surface area (Å²) in [5, 5.41) is 0. The summed E-state index contributed by atoms with van der Waals surface area (Å²) in [6, 6.07) is 7.87. The first-order chi connectivity index (χ1) is 8.09. The van der Waals surface area contributed by atoms with E-state index >= 15 is 0 Å². The molecule has 1 saturated heterocycles. The second kappa shape index (κ2) is 4.47. The highest BCUT2D eigenvalue weighted by Gasteiger charge is 2.46. The number of anilines is 1. The molecule has 1 fully saturated rings. The molecule has 92 valence electrons. The molecule has 4 heteroatoms. The van der Waals surface area contributed by atoms with Crippen LogP contribution >= 0.6 is 0 Å². The van der Waals surface area contributed by atoms with Gasteiger partial charge in [-0.2, -0.15) is 0 Å². The van der Waals surface area contributed by atoms with Gasteiger partial charge in [0.25, 0.3) is 0 Å². The molecule has 0 bridgehead atoms. The zero-order chi connectivity index (χ0) is 12.5. The molecule has 0 atom stereocenters. The maximum absolute atomic E-state index is 12.3. The Morgan fingerprint density at radius 2 is 2.00 bits per heavy atom. The number of aryl methyl sites for hydroxylation is 1. The van der Waals surface area contributed by atoms with Crippen LogP contribution in [0, 0.1) is 12.3 Å². The molecular weight excluding hydrogens is 216 g/mol. The Balaban J connectivity index is 2.17. The average Bonchev–Trinajstić information content (AvgIpc) is 2.28. The van der Waals surface area contributed by atoms with Crippen LogP contribution in [0.2, 0.25) is 0 Å². The molecule has 2 rings (SSSR count). The number of carbonyl (C=O) groups excluding carboxylic acids is 1. The van der Waals surface area contributed by atoms with E-state index in [1.165, 1.54) is 5.56 Å². The minimum Gasteiger partial charge on any atom is -0.379 e. The van der Waals surface area contributed by atoms with Crippen molar-refractivity contribution in [3.05, 3.63) is 29.8 Å². The van der Waals surface area contributed by atoms with Gasteiger partial charge in [0.1, 0.15) is 5.41 Å². The van der Waals surface area contributed by atoms with Crippen LogP contribution in [0.1, 0.15) is 5.56 Å². The van der Waals surface area contributed by atoms with Crippen LogP contribution in [0.3, 0.4) is 0 Å². The first-order valence-corrected chi connectivity index (χ1v) is 5.72. The summed E-state index contributed by atoms with van der Waals surface area (Å²) < 4.78 is 5.13. The van der Waals surface area contributed by atoms with E-state index < -0.39 is 5.41 Å². The van der Waals surface area contributed by atoms with Crippen LogP contribution in [-0.4, -0.2) is 32.7 Å². The van der Waals surface area contributed by atoms with Gasteiger partial charge in [0.05, 0.1) is 13.2 Å². The van der Waals surface area contributed by atoms with Crippen molar-refractivity contribution in [2.75, 3.05) is 31.7 Å². The topological polar surface area (TPSA) is 55.6 Å². The Kier molecular flexibility index (Phi) is 3.17. The largest absolute Gasteiger partial charge is 0.379 e. The van der Waals surface area contributed by atoms with Gasteiger partial charge in [0.15, 0.2) is 0 Å². The lowest BCUT2D eigenvalue weighted by Gasteiger charge is -2.41. The van der Waals surface area contributed by atoms with E-state index in [2.05, 4.69) is 0 Å². The molecule has 4 nitrogen and oxygen atoms in total. The van der Waals surface area contributed by atoms with E-state index in [4.69, 9.17) is 10.5 Å². The number of amides is 1. The summed E-state index contributed by atoms with van der Waals surface area (Å²) >= 11 is 0. The first kappa shape index (κ1) is 12.1. The van der Waals surface area contributed by atoms with Crippen LogP contribution in [0.25, 0.3) is 0 Å². The SMILES string of the molecule is Cc1ccc(N(C)C(=O)C2(CN)COC2)cc1. The fourth-order valence-electron chi connectivity index (χ4n) is 1.92. The number of hydrogen-bond acceptors (Lipinski definition) is 3. The van der Waals surface area contributed by atoms with Crippen molar-refractivity contribution in [1.29, 1.82) is 0 Å². The van der Waals surface area contributed by atoms with E-state index in [0.717, 1.165) is 5.69 Å². The third-order valence-electron chi connectivity index (χ3n) is 3.33. The number of carbonyl (C=O) groups is 1. The molecule has 1 aromatic carbocycles. The van der Waals surface area contributed by atoms with E-state index in [-0.39, 0.29) is 5.91 Å². The molecule has 0 aliphatic carbocycles. The van der Waals surface area contributed by atoms with Crippen molar-refractivity contribution >= 4 is 11.6 Å². The van der Waals surface area contributed by atoms with E-state index in [9.17, 15) is 4.79 Å².